The fraction of sp³-hybridized carbons (Fsp3) is 0.294. The predicted octanol–water partition coefficient (Wildman–Crippen LogP) is 4.27. The van der Waals surface area contributed by atoms with Gasteiger partial charge >= 0.3 is 0 Å². The molecule has 4 heteroatoms. The van der Waals surface area contributed by atoms with Crippen LogP contribution in [0.1, 0.15) is 22.7 Å². The molecule has 2 aromatic rings. The Morgan fingerprint density at radius 2 is 1.71 bits per heavy atom. The third-order valence-electron chi connectivity index (χ3n) is 3.91. The fourth-order valence-corrected chi connectivity index (χ4v) is 3.20. The topological polar surface area (TPSA) is 12.0 Å². The van der Waals surface area contributed by atoms with E-state index in [0.29, 0.717) is 6.42 Å². The Morgan fingerprint density at radius 3 is 2.48 bits per heavy atom. The van der Waals surface area contributed by atoms with Crippen molar-refractivity contribution in [1.29, 1.82) is 0 Å². The van der Waals surface area contributed by atoms with Gasteiger partial charge in [-0.3, -0.25) is 0 Å². The van der Waals surface area contributed by atoms with Crippen LogP contribution in [0.3, 0.4) is 0 Å². The summed E-state index contributed by atoms with van der Waals surface area (Å²) < 4.78 is 28.4. The smallest absolute Gasteiger partial charge is 0.285 e. The second-order valence-electron chi connectivity index (χ2n) is 5.35. The molecule has 1 aliphatic carbocycles. The molecule has 0 amide bonds. The first-order valence-corrected chi connectivity index (χ1v) is 7.40. The standard InChI is InChI=1S/C17H16ClF2N/c18-15-10-12-6-4-5-9-14(12)16(15)21-11-17(19,20)13-7-2-1-3-8-13/h1-9,15-16,21H,10-11H2. The van der Waals surface area contributed by atoms with Crippen molar-refractivity contribution < 1.29 is 8.78 Å². The van der Waals surface area contributed by atoms with Crippen LogP contribution in [0.2, 0.25) is 0 Å². The third-order valence-corrected chi connectivity index (χ3v) is 4.31. The van der Waals surface area contributed by atoms with E-state index in [2.05, 4.69) is 5.32 Å². The molecule has 21 heavy (non-hydrogen) atoms. The summed E-state index contributed by atoms with van der Waals surface area (Å²) in [5, 5.41) is 2.76. The molecule has 2 atom stereocenters. The maximum atomic E-state index is 14.2. The van der Waals surface area contributed by atoms with E-state index in [1.807, 2.05) is 24.3 Å². The summed E-state index contributed by atoms with van der Waals surface area (Å²) in [6.07, 6.45) is 0.715. The van der Waals surface area contributed by atoms with Crippen molar-refractivity contribution in [2.75, 3.05) is 6.54 Å². The second kappa shape index (κ2) is 5.74. The predicted molar refractivity (Wildman–Crippen MR) is 80.9 cm³/mol. The third kappa shape index (κ3) is 2.94. The van der Waals surface area contributed by atoms with Crippen molar-refractivity contribution in [3.05, 3.63) is 71.3 Å². The van der Waals surface area contributed by atoms with Gasteiger partial charge in [0.1, 0.15) is 0 Å². The van der Waals surface area contributed by atoms with Gasteiger partial charge in [0.05, 0.1) is 11.9 Å². The monoisotopic (exact) mass is 307 g/mol. The number of nitrogens with one attached hydrogen (secondary N) is 1. The van der Waals surface area contributed by atoms with Crippen LogP contribution in [0.15, 0.2) is 54.6 Å². The van der Waals surface area contributed by atoms with E-state index < -0.39 is 12.5 Å². The lowest BCUT2D eigenvalue weighted by Gasteiger charge is -2.23. The molecule has 0 aliphatic heterocycles. The van der Waals surface area contributed by atoms with Crippen LogP contribution >= 0.6 is 11.6 Å². The zero-order valence-electron chi connectivity index (χ0n) is 11.4. The number of hydrogen-bond donors (Lipinski definition) is 1. The molecule has 0 saturated carbocycles. The van der Waals surface area contributed by atoms with Gasteiger partial charge in [-0.05, 0) is 17.5 Å². The van der Waals surface area contributed by atoms with E-state index in [0.717, 1.165) is 11.1 Å². The van der Waals surface area contributed by atoms with Crippen LogP contribution in [0, 0.1) is 0 Å². The summed E-state index contributed by atoms with van der Waals surface area (Å²) in [5.41, 5.74) is 2.19. The highest BCUT2D eigenvalue weighted by Gasteiger charge is 2.36. The van der Waals surface area contributed by atoms with E-state index in [4.69, 9.17) is 11.6 Å². The fourth-order valence-electron chi connectivity index (χ4n) is 2.81. The Hall–Kier alpha value is -1.45. The van der Waals surface area contributed by atoms with E-state index in [-0.39, 0.29) is 17.0 Å². The van der Waals surface area contributed by atoms with E-state index >= 15 is 0 Å². The molecule has 3 rings (SSSR count). The molecule has 0 spiro atoms. The normalized spacial score (nSPS) is 21.3. The van der Waals surface area contributed by atoms with E-state index in [1.165, 1.54) is 12.1 Å². The molecular weight excluding hydrogens is 292 g/mol. The van der Waals surface area contributed by atoms with Gasteiger partial charge in [0.25, 0.3) is 5.92 Å². The average molecular weight is 308 g/mol. The second-order valence-corrected chi connectivity index (χ2v) is 5.91. The van der Waals surface area contributed by atoms with Gasteiger partial charge in [0.2, 0.25) is 0 Å². The maximum absolute atomic E-state index is 14.2. The van der Waals surface area contributed by atoms with Crippen LogP contribution in [-0.4, -0.2) is 11.9 Å². The number of fused-ring (bicyclic) bond motifs is 1. The zero-order valence-corrected chi connectivity index (χ0v) is 12.2. The molecule has 0 radical (unpaired) electrons. The Morgan fingerprint density at radius 1 is 1.05 bits per heavy atom. The average Bonchev–Trinajstić information content (AvgIpc) is 2.81. The first-order chi connectivity index (χ1) is 10.1. The quantitative estimate of drug-likeness (QED) is 0.832. The molecule has 1 aliphatic rings. The van der Waals surface area contributed by atoms with Crippen LogP contribution in [0.5, 0.6) is 0 Å². The Balaban J connectivity index is 1.73. The minimum Gasteiger partial charge on any atom is -0.303 e. The van der Waals surface area contributed by atoms with Gasteiger partial charge in [-0.1, -0.05) is 54.6 Å². The Kier molecular flexibility index (Phi) is 3.96. The highest BCUT2D eigenvalue weighted by atomic mass is 35.5. The summed E-state index contributed by atoms with van der Waals surface area (Å²) in [6.45, 7) is -0.417. The van der Waals surface area contributed by atoms with Crippen molar-refractivity contribution >= 4 is 11.6 Å². The SMILES string of the molecule is FC(F)(CNC1c2ccccc2CC1Cl)c1ccccc1. The first-order valence-electron chi connectivity index (χ1n) is 6.96. The van der Waals surface area contributed by atoms with Crippen LogP contribution < -0.4 is 5.32 Å². The zero-order chi connectivity index (χ0) is 14.9. The number of alkyl halides is 3. The molecule has 110 valence electrons. The molecule has 2 unspecified atom stereocenters. The number of rotatable bonds is 4. The molecular formula is C17H16ClF2N. The van der Waals surface area contributed by atoms with Crippen LogP contribution in [-0.2, 0) is 12.3 Å². The summed E-state index contributed by atoms with van der Waals surface area (Å²) in [6, 6.07) is 15.5. The number of hydrogen-bond acceptors (Lipinski definition) is 1. The van der Waals surface area contributed by atoms with Crippen molar-refractivity contribution in [3.63, 3.8) is 0 Å². The molecule has 0 aromatic heterocycles. The van der Waals surface area contributed by atoms with Crippen LogP contribution in [0.4, 0.5) is 8.78 Å². The highest BCUT2D eigenvalue weighted by Crippen LogP contribution is 2.36. The lowest BCUT2D eigenvalue weighted by molar-refractivity contribution is -0.00565. The minimum atomic E-state index is -2.91. The summed E-state index contributed by atoms with van der Waals surface area (Å²) in [7, 11) is 0. The lowest BCUT2D eigenvalue weighted by atomic mass is 10.1. The molecule has 0 saturated heterocycles. The van der Waals surface area contributed by atoms with Crippen molar-refractivity contribution in [3.8, 4) is 0 Å². The Bertz CT molecular complexity index is 615. The molecule has 0 fully saturated rings. The van der Waals surface area contributed by atoms with Gasteiger partial charge in [0, 0.05) is 11.6 Å². The van der Waals surface area contributed by atoms with Crippen LogP contribution in [0.25, 0.3) is 0 Å². The molecule has 1 N–H and O–H groups in total. The minimum absolute atomic E-state index is 0.0231. The van der Waals surface area contributed by atoms with Gasteiger partial charge in [0.15, 0.2) is 0 Å². The van der Waals surface area contributed by atoms with Gasteiger partial charge in [-0.15, -0.1) is 11.6 Å². The summed E-state index contributed by atoms with van der Waals surface area (Å²) >= 11 is 6.31. The molecule has 1 nitrogen and oxygen atoms in total. The van der Waals surface area contributed by atoms with Crippen molar-refractivity contribution in [2.24, 2.45) is 0 Å². The van der Waals surface area contributed by atoms with Gasteiger partial charge < -0.3 is 5.32 Å². The summed E-state index contributed by atoms with van der Waals surface area (Å²) in [5.74, 6) is -2.91. The highest BCUT2D eigenvalue weighted by molar-refractivity contribution is 6.21. The molecule has 2 aromatic carbocycles. The van der Waals surface area contributed by atoms with Crippen molar-refractivity contribution in [2.45, 2.75) is 23.8 Å². The Labute approximate surface area is 127 Å². The van der Waals surface area contributed by atoms with Gasteiger partial charge in [-0.2, -0.15) is 8.78 Å². The van der Waals surface area contributed by atoms with E-state index in [1.54, 1.807) is 18.2 Å². The number of halogens is 3. The van der Waals surface area contributed by atoms with E-state index in [9.17, 15) is 8.78 Å². The summed E-state index contributed by atoms with van der Waals surface area (Å²) in [4.78, 5) is 0. The number of benzene rings is 2. The molecule has 0 heterocycles. The largest absolute Gasteiger partial charge is 0.303 e. The molecule has 0 bridgehead atoms. The first kappa shape index (κ1) is 14.5. The van der Waals surface area contributed by atoms with Crippen molar-refractivity contribution in [1.82, 2.24) is 5.32 Å². The maximum Gasteiger partial charge on any atom is 0.285 e. The lowest BCUT2D eigenvalue weighted by Crippen LogP contribution is -2.35. The van der Waals surface area contributed by atoms with Gasteiger partial charge in [-0.25, -0.2) is 0 Å².